The first kappa shape index (κ1) is 15.6. The summed E-state index contributed by atoms with van der Waals surface area (Å²) in [5, 5.41) is 6.06. The van der Waals surface area contributed by atoms with Crippen molar-refractivity contribution < 1.29 is 9.21 Å². The van der Waals surface area contributed by atoms with E-state index in [4.69, 9.17) is 4.42 Å². The molecule has 2 N–H and O–H groups in total. The van der Waals surface area contributed by atoms with Gasteiger partial charge in [0.15, 0.2) is 0 Å². The average molecular weight is 351 g/mol. The molecule has 1 unspecified atom stereocenters. The van der Waals surface area contributed by atoms with Crippen LogP contribution in [-0.2, 0) is 11.3 Å². The van der Waals surface area contributed by atoms with Crippen molar-refractivity contribution >= 4 is 27.5 Å². The van der Waals surface area contributed by atoms with Crippen LogP contribution in [0.4, 0.5) is 5.69 Å². The quantitative estimate of drug-likeness (QED) is 0.862. The van der Waals surface area contributed by atoms with Crippen LogP contribution in [0, 0.1) is 13.8 Å². The first-order valence-electron chi connectivity index (χ1n) is 6.80. The van der Waals surface area contributed by atoms with Gasteiger partial charge in [0, 0.05) is 10.2 Å². The molecule has 2 aromatic rings. The number of carbonyl (C=O) groups excluding carboxylic acids is 1. The standard InChI is InChI=1S/C16H19BrN2O2/c1-10-7-13(8-11(2)15(10)17)19-12(3)16(20)18-9-14-5-4-6-21-14/h4-8,12,19H,9H2,1-3H3,(H,18,20). The van der Waals surface area contributed by atoms with Crippen LogP contribution in [-0.4, -0.2) is 11.9 Å². The molecule has 0 radical (unpaired) electrons. The summed E-state index contributed by atoms with van der Waals surface area (Å²) in [6.45, 7) is 6.30. The lowest BCUT2D eigenvalue weighted by atomic mass is 10.1. The Morgan fingerprint density at radius 1 is 1.33 bits per heavy atom. The minimum atomic E-state index is -0.320. The third kappa shape index (κ3) is 4.11. The Labute approximate surface area is 133 Å². The van der Waals surface area contributed by atoms with Gasteiger partial charge in [-0.15, -0.1) is 0 Å². The van der Waals surface area contributed by atoms with Crippen LogP contribution < -0.4 is 10.6 Å². The Morgan fingerprint density at radius 2 is 2.00 bits per heavy atom. The predicted octanol–water partition coefficient (Wildman–Crippen LogP) is 3.78. The second kappa shape index (κ2) is 6.80. The molecular weight excluding hydrogens is 332 g/mol. The SMILES string of the molecule is Cc1cc(NC(C)C(=O)NCc2ccco2)cc(C)c1Br. The van der Waals surface area contributed by atoms with Gasteiger partial charge >= 0.3 is 0 Å². The minimum Gasteiger partial charge on any atom is -0.467 e. The Hall–Kier alpha value is -1.75. The summed E-state index contributed by atoms with van der Waals surface area (Å²) in [5.74, 6) is 0.676. The number of furan rings is 1. The molecule has 1 atom stereocenters. The Morgan fingerprint density at radius 3 is 2.57 bits per heavy atom. The van der Waals surface area contributed by atoms with Gasteiger partial charge in [-0.3, -0.25) is 4.79 Å². The van der Waals surface area contributed by atoms with E-state index < -0.39 is 0 Å². The second-order valence-electron chi connectivity index (χ2n) is 5.09. The number of nitrogens with one attached hydrogen (secondary N) is 2. The van der Waals surface area contributed by atoms with Crippen LogP contribution >= 0.6 is 15.9 Å². The van der Waals surface area contributed by atoms with Crippen LogP contribution in [0.15, 0.2) is 39.4 Å². The molecule has 5 heteroatoms. The van der Waals surface area contributed by atoms with Gasteiger partial charge in [0.2, 0.25) is 5.91 Å². The third-order valence-electron chi connectivity index (χ3n) is 3.23. The van der Waals surface area contributed by atoms with Gasteiger partial charge in [0.1, 0.15) is 11.8 Å². The first-order chi connectivity index (χ1) is 9.97. The molecule has 0 aliphatic heterocycles. The highest BCUT2D eigenvalue weighted by atomic mass is 79.9. The molecule has 112 valence electrons. The van der Waals surface area contributed by atoms with Gasteiger partial charge in [-0.25, -0.2) is 0 Å². The zero-order valence-electron chi connectivity index (χ0n) is 12.4. The number of hydrogen-bond acceptors (Lipinski definition) is 3. The van der Waals surface area contributed by atoms with E-state index in [1.807, 2.05) is 39.0 Å². The van der Waals surface area contributed by atoms with E-state index in [9.17, 15) is 4.79 Å². The predicted molar refractivity (Wildman–Crippen MR) is 87.3 cm³/mol. The number of hydrogen-bond donors (Lipinski definition) is 2. The van der Waals surface area contributed by atoms with E-state index in [1.54, 1.807) is 12.3 Å². The molecule has 4 nitrogen and oxygen atoms in total. The summed E-state index contributed by atoms with van der Waals surface area (Å²) in [6.07, 6.45) is 1.59. The lowest BCUT2D eigenvalue weighted by Crippen LogP contribution is -2.37. The highest BCUT2D eigenvalue weighted by Gasteiger charge is 2.13. The Balaban J connectivity index is 1.94. The van der Waals surface area contributed by atoms with Crippen molar-refractivity contribution in [2.75, 3.05) is 5.32 Å². The largest absolute Gasteiger partial charge is 0.467 e. The molecule has 1 heterocycles. The number of benzene rings is 1. The van der Waals surface area contributed by atoms with E-state index in [0.717, 1.165) is 27.0 Å². The normalized spacial score (nSPS) is 12.0. The van der Waals surface area contributed by atoms with E-state index in [1.165, 1.54) is 0 Å². The number of amides is 1. The Bertz CT molecular complexity index is 600. The molecule has 0 spiro atoms. The van der Waals surface area contributed by atoms with Gasteiger partial charge in [0.25, 0.3) is 0 Å². The zero-order valence-corrected chi connectivity index (χ0v) is 14.0. The monoisotopic (exact) mass is 350 g/mol. The average Bonchev–Trinajstić information content (AvgIpc) is 2.95. The number of aryl methyl sites for hydroxylation is 2. The summed E-state index contributed by atoms with van der Waals surface area (Å²) in [6, 6.07) is 7.36. The molecule has 1 aromatic heterocycles. The van der Waals surface area contributed by atoms with E-state index in [-0.39, 0.29) is 11.9 Å². The fraction of sp³-hybridized carbons (Fsp3) is 0.312. The molecule has 21 heavy (non-hydrogen) atoms. The van der Waals surface area contributed by atoms with Crippen LogP contribution in [0.2, 0.25) is 0 Å². The molecule has 2 rings (SSSR count). The molecule has 1 aromatic carbocycles. The number of rotatable bonds is 5. The van der Waals surface area contributed by atoms with Crippen LogP contribution in [0.1, 0.15) is 23.8 Å². The van der Waals surface area contributed by atoms with Crippen molar-refractivity contribution in [3.8, 4) is 0 Å². The lowest BCUT2D eigenvalue weighted by molar-refractivity contribution is -0.121. The van der Waals surface area contributed by atoms with Gasteiger partial charge in [-0.2, -0.15) is 0 Å². The van der Waals surface area contributed by atoms with E-state index >= 15 is 0 Å². The molecular formula is C16H19BrN2O2. The number of halogens is 1. The maximum Gasteiger partial charge on any atom is 0.242 e. The number of anilines is 1. The summed E-state index contributed by atoms with van der Waals surface area (Å²) in [7, 11) is 0. The van der Waals surface area contributed by atoms with E-state index in [2.05, 4.69) is 26.6 Å². The topological polar surface area (TPSA) is 54.3 Å². The molecule has 0 saturated heterocycles. The van der Waals surface area contributed by atoms with Crippen molar-refractivity contribution in [1.82, 2.24) is 5.32 Å². The van der Waals surface area contributed by atoms with Gasteiger partial charge in [-0.05, 0) is 56.2 Å². The van der Waals surface area contributed by atoms with Crippen molar-refractivity contribution in [2.45, 2.75) is 33.4 Å². The summed E-state index contributed by atoms with van der Waals surface area (Å²) >= 11 is 3.54. The van der Waals surface area contributed by atoms with Crippen LogP contribution in [0.3, 0.4) is 0 Å². The fourth-order valence-corrected chi connectivity index (χ4v) is 2.31. The van der Waals surface area contributed by atoms with Gasteiger partial charge < -0.3 is 15.1 Å². The highest BCUT2D eigenvalue weighted by Crippen LogP contribution is 2.25. The maximum absolute atomic E-state index is 12.1. The van der Waals surface area contributed by atoms with Gasteiger partial charge in [-0.1, -0.05) is 15.9 Å². The maximum atomic E-state index is 12.1. The van der Waals surface area contributed by atoms with Crippen molar-refractivity contribution in [3.05, 3.63) is 51.9 Å². The lowest BCUT2D eigenvalue weighted by Gasteiger charge is -2.16. The minimum absolute atomic E-state index is 0.0652. The molecule has 0 aliphatic rings. The first-order valence-corrected chi connectivity index (χ1v) is 7.60. The molecule has 0 fully saturated rings. The smallest absolute Gasteiger partial charge is 0.242 e. The second-order valence-corrected chi connectivity index (χ2v) is 5.88. The number of carbonyl (C=O) groups is 1. The molecule has 0 aliphatic carbocycles. The fourth-order valence-electron chi connectivity index (χ4n) is 2.09. The van der Waals surface area contributed by atoms with Crippen molar-refractivity contribution in [2.24, 2.45) is 0 Å². The van der Waals surface area contributed by atoms with E-state index in [0.29, 0.717) is 6.54 Å². The molecule has 1 amide bonds. The zero-order chi connectivity index (χ0) is 15.4. The van der Waals surface area contributed by atoms with Crippen LogP contribution in [0.5, 0.6) is 0 Å². The summed E-state index contributed by atoms with van der Waals surface area (Å²) < 4.78 is 6.29. The van der Waals surface area contributed by atoms with Gasteiger partial charge in [0.05, 0.1) is 12.8 Å². The Kier molecular flexibility index (Phi) is 5.07. The van der Waals surface area contributed by atoms with Crippen LogP contribution in [0.25, 0.3) is 0 Å². The van der Waals surface area contributed by atoms with Crippen molar-refractivity contribution in [1.29, 1.82) is 0 Å². The molecule has 0 bridgehead atoms. The molecule has 0 saturated carbocycles. The van der Waals surface area contributed by atoms with Crippen molar-refractivity contribution in [3.63, 3.8) is 0 Å². The third-order valence-corrected chi connectivity index (χ3v) is 4.48. The summed E-state index contributed by atoms with van der Waals surface area (Å²) in [4.78, 5) is 12.1. The highest BCUT2D eigenvalue weighted by molar-refractivity contribution is 9.10. The summed E-state index contributed by atoms with van der Waals surface area (Å²) in [5.41, 5.74) is 3.22.